The summed E-state index contributed by atoms with van der Waals surface area (Å²) in [4.78, 5) is 26.3. The van der Waals surface area contributed by atoms with E-state index in [-0.39, 0.29) is 40.0 Å². The maximum atomic E-state index is 14.6. The number of alkyl halides is 1. The predicted molar refractivity (Wildman–Crippen MR) is 104 cm³/mol. The number of carbonyl (C=O) groups is 2. The van der Waals surface area contributed by atoms with Gasteiger partial charge in [-0.05, 0) is 29.3 Å². The molecule has 0 aliphatic rings. The Balaban J connectivity index is 1.83. The van der Waals surface area contributed by atoms with E-state index in [1.807, 2.05) is 10.9 Å². The average Bonchev–Trinajstić information content (AvgIpc) is 3.16. The molecule has 3 amide bonds. The predicted octanol–water partition coefficient (Wildman–Crippen LogP) is 3.44. The van der Waals surface area contributed by atoms with E-state index in [4.69, 9.17) is 16.1 Å². The Hall–Kier alpha value is -3.60. The molecule has 0 saturated heterocycles. The molecule has 3 aromatic rings. The number of urea groups is 1. The first-order valence-corrected chi connectivity index (χ1v) is 9.13. The average molecular weight is 454 g/mol. The van der Waals surface area contributed by atoms with Crippen LogP contribution in [0.3, 0.4) is 0 Å². The summed E-state index contributed by atoms with van der Waals surface area (Å²) < 4.78 is 46.2. The van der Waals surface area contributed by atoms with Gasteiger partial charge in [-0.3, -0.25) is 10.2 Å². The van der Waals surface area contributed by atoms with Crippen LogP contribution in [0.2, 0.25) is 5.02 Å². The van der Waals surface area contributed by atoms with Gasteiger partial charge in [0.15, 0.2) is 6.67 Å². The summed E-state index contributed by atoms with van der Waals surface area (Å²) in [6, 6.07) is 5.69. The second-order valence-electron chi connectivity index (χ2n) is 6.24. The van der Waals surface area contributed by atoms with Crippen LogP contribution >= 0.6 is 11.6 Å². The number of nitrogens with zero attached hydrogens (tertiary/aromatic N) is 2. The van der Waals surface area contributed by atoms with Crippen molar-refractivity contribution in [2.45, 2.75) is 13.5 Å². The smallest absolute Gasteiger partial charge is 0.333 e. The van der Waals surface area contributed by atoms with Crippen molar-refractivity contribution in [3.8, 4) is 22.5 Å². The van der Waals surface area contributed by atoms with Gasteiger partial charge in [0, 0.05) is 24.1 Å². The molecule has 12 heteroatoms. The van der Waals surface area contributed by atoms with Gasteiger partial charge in [0.05, 0.1) is 5.56 Å². The lowest BCUT2D eigenvalue weighted by Crippen LogP contribution is -2.47. The molecule has 8 nitrogen and oxygen atoms in total. The van der Waals surface area contributed by atoms with Gasteiger partial charge in [-0.15, -0.1) is 0 Å². The molecule has 0 saturated carbocycles. The third-order valence-corrected chi connectivity index (χ3v) is 4.26. The number of aryl methyl sites for hydroxylation is 1. The minimum absolute atomic E-state index is 0.00509. The molecule has 3 rings (SSSR count). The summed E-state index contributed by atoms with van der Waals surface area (Å²) in [6.45, 7) is 0.0146. The fraction of sp³-hybridized carbons (Fsp3) is 0.158. The van der Waals surface area contributed by atoms with Crippen LogP contribution < -0.4 is 16.2 Å². The van der Waals surface area contributed by atoms with Crippen LogP contribution in [-0.4, -0.2) is 28.8 Å². The van der Waals surface area contributed by atoms with Crippen molar-refractivity contribution in [1.82, 2.24) is 26.3 Å². The number of amides is 3. The zero-order valence-electron chi connectivity index (χ0n) is 15.9. The number of hydrazine groups is 1. The molecule has 0 unspecified atom stereocenters. The number of nitrogens with one attached hydrogen (secondary N) is 3. The van der Waals surface area contributed by atoms with Crippen molar-refractivity contribution in [2.24, 2.45) is 0 Å². The molecule has 31 heavy (non-hydrogen) atoms. The van der Waals surface area contributed by atoms with Crippen LogP contribution in [0, 0.1) is 18.6 Å². The molecule has 3 N–H and O–H groups in total. The number of hydrogen-bond donors (Lipinski definition) is 3. The van der Waals surface area contributed by atoms with E-state index in [1.54, 1.807) is 6.92 Å². The molecule has 0 atom stereocenters. The fourth-order valence-electron chi connectivity index (χ4n) is 2.67. The third-order valence-electron chi connectivity index (χ3n) is 4.05. The Labute approximate surface area is 178 Å². The lowest BCUT2D eigenvalue weighted by atomic mass is 9.97. The van der Waals surface area contributed by atoms with Crippen LogP contribution in [0.15, 0.2) is 34.9 Å². The van der Waals surface area contributed by atoms with E-state index < -0.39 is 30.2 Å². The standard InChI is InChI=1S/C19H15ClF3N5O3/c1-9-25-18(28-31-9)17-13(5-12(20)6-15(17)23)10-2-3-11(14(22)4-10)8-24-19(30)27-26-16(29)7-21/h2-6H,7-8H2,1H3,(H,26,29)(H2,24,27,30). The highest BCUT2D eigenvalue weighted by Gasteiger charge is 2.20. The van der Waals surface area contributed by atoms with E-state index in [0.29, 0.717) is 5.56 Å². The Kier molecular flexibility index (Phi) is 6.75. The first kappa shape index (κ1) is 22.1. The van der Waals surface area contributed by atoms with E-state index in [9.17, 15) is 22.8 Å². The van der Waals surface area contributed by atoms with Gasteiger partial charge in [-0.2, -0.15) is 4.98 Å². The van der Waals surface area contributed by atoms with Crippen LogP contribution in [0.1, 0.15) is 11.5 Å². The normalized spacial score (nSPS) is 10.6. The van der Waals surface area contributed by atoms with Gasteiger partial charge in [-0.25, -0.2) is 23.4 Å². The molecule has 0 spiro atoms. The van der Waals surface area contributed by atoms with Gasteiger partial charge in [0.1, 0.15) is 11.6 Å². The highest BCUT2D eigenvalue weighted by atomic mass is 35.5. The minimum atomic E-state index is -1.30. The van der Waals surface area contributed by atoms with Crippen molar-refractivity contribution in [1.29, 1.82) is 0 Å². The molecule has 0 fully saturated rings. The monoisotopic (exact) mass is 453 g/mol. The quantitative estimate of drug-likeness (QED) is 0.513. The molecule has 162 valence electrons. The molecule has 1 heterocycles. The fourth-order valence-corrected chi connectivity index (χ4v) is 2.87. The van der Waals surface area contributed by atoms with Gasteiger partial charge in [0.2, 0.25) is 11.7 Å². The van der Waals surface area contributed by atoms with Crippen molar-refractivity contribution in [2.75, 3.05) is 6.67 Å². The number of rotatable bonds is 5. The first-order valence-electron chi connectivity index (χ1n) is 8.75. The maximum Gasteiger partial charge on any atom is 0.333 e. The molecule has 0 radical (unpaired) electrons. The van der Waals surface area contributed by atoms with Gasteiger partial charge >= 0.3 is 6.03 Å². The van der Waals surface area contributed by atoms with Crippen LogP contribution in [0.5, 0.6) is 0 Å². The second-order valence-corrected chi connectivity index (χ2v) is 6.68. The maximum absolute atomic E-state index is 14.6. The zero-order chi connectivity index (χ0) is 22.5. The number of benzene rings is 2. The largest absolute Gasteiger partial charge is 0.339 e. The molecular weight excluding hydrogens is 439 g/mol. The minimum Gasteiger partial charge on any atom is -0.339 e. The van der Waals surface area contributed by atoms with Gasteiger partial charge in [0.25, 0.3) is 5.91 Å². The summed E-state index contributed by atoms with van der Waals surface area (Å²) >= 11 is 5.98. The lowest BCUT2D eigenvalue weighted by molar-refractivity contribution is -0.122. The third kappa shape index (κ3) is 5.31. The summed E-state index contributed by atoms with van der Waals surface area (Å²) in [5, 5.41) is 6.10. The van der Waals surface area contributed by atoms with Gasteiger partial charge < -0.3 is 9.84 Å². The van der Waals surface area contributed by atoms with Crippen molar-refractivity contribution < 1.29 is 27.3 Å². The van der Waals surface area contributed by atoms with Gasteiger partial charge in [-0.1, -0.05) is 28.9 Å². The van der Waals surface area contributed by atoms with Crippen molar-refractivity contribution in [3.05, 3.63) is 58.4 Å². The zero-order valence-corrected chi connectivity index (χ0v) is 16.7. The van der Waals surface area contributed by atoms with Crippen molar-refractivity contribution in [3.63, 3.8) is 0 Å². The van der Waals surface area contributed by atoms with E-state index in [2.05, 4.69) is 15.5 Å². The SMILES string of the molecule is Cc1nc(-c2c(F)cc(Cl)cc2-c2ccc(CNC(=O)NNC(=O)CF)c(F)c2)no1. The number of carbonyl (C=O) groups excluding carboxylic acids is 2. The number of halogens is 4. The highest BCUT2D eigenvalue weighted by molar-refractivity contribution is 6.31. The summed E-state index contributed by atoms with van der Waals surface area (Å²) in [6.07, 6.45) is 0. The Morgan fingerprint density at radius 1 is 1.13 bits per heavy atom. The first-order chi connectivity index (χ1) is 14.8. The highest BCUT2D eigenvalue weighted by Crippen LogP contribution is 2.36. The van der Waals surface area contributed by atoms with Crippen LogP contribution in [-0.2, 0) is 11.3 Å². The topological polar surface area (TPSA) is 109 Å². The summed E-state index contributed by atoms with van der Waals surface area (Å²) in [7, 11) is 0. The van der Waals surface area contributed by atoms with E-state index in [0.717, 1.165) is 12.1 Å². The summed E-state index contributed by atoms with van der Waals surface area (Å²) in [5.41, 5.74) is 4.36. The van der Waals surface area contributed by atoms with Crippen LogP contribution in [0.25, 0.3) is 22.5 Å². The van der Waals surface area contributed by atoms with Crippen molar-refractivity contribution >= 4 is 23.5 Å². The second kappa shape index (κ2) is 9.47. The number of aromatic nitrogens is 2. The molecule has 2 aromatic carbocycles. The Bertz CT molecular complexity index is 1140. The van der Waals surface area contributed by atoms with E-state index >= 15 is 0 Å². The molecular formula is C19H15ClF3N5O3. The summed E-state index contributed by atoms with van der Waals surface area (Å²) in [5.74, 6) is -2.22. The number of hydrogen-bond acceptors (Lipinski definition) is 5. The van der Waals surface area contributed by atoms with Crippen LogP contribution in [0.4, 0.5) is 18.0 Å². The Morgan fingerprint density at radius 2 is 1.90 bits per heavy atom. The molecule has 1 aromatic heterocycles. The molecule has 0 aliphatic heterocycles. The lowest BCUT2D eigenvalue weighted by Gasteiger charge is -2.12. The molecule has 0 bridgehead atoms. The van der Waals surface area contributed by atoms with E-state index in [1.165, 1.54) is 18.2 Å². The Morgan fingerprint density at radius 3 is 2.55 bits per heavy atom. The molecule has 0 aliphatic carbocycles.